The molecule has 1 unspecified atom stereocenters. The molecule has 0 saturated heterocycles. The second-order valence-corrected chi connectivity index (χ2v) is 7.84. The molecular formula is C27H29NO4. The second-order valence-electron chi connectivity index (χ2n) is 7.84. The predicted octanol–water partition coefficient (Wildman–Crippen LogP) is 5.44. The number of ether oxygens (including phenoxy) is 2. The van der Waals surface area contributed by atoms with Gasteiger partial charge in [0.15, 0.2) is 0 Å². The van der Waals surface area contributed by atoms with Crippen LogP contribution >= 0.6 is 0 Å². The lowest BCUT2D eigenvalue weighted by atomic mass is 10.0. The van der Waals surface area contributed by atoms with Gasteiger partial charge >= 0.3 is 5.97 Å². The largest absolute Gasteiger partial charge is 0.489 e. The molecule has 0 radical (unpaired) electrons. The zero-order valence-corrected chi connectivity index (χ0v) is 18.5. The van der Waals surface area contributed by atoms with Crippen LogP contribution in [0, 0.1) is 0 Å². The summed E-state index contributed by atoms with van der Waals surface area (Å²) in [6.07, 6.45) is 0.0559. The minimum atomic E-state index is -0.819. The Bertz CT molecular complexity index is 1010. The monoisotopic (exact) mass is 431 g/mol. The number of aliphatic carboxylic acids is 1. The average molecular weight is 432 g/mol. The summed E-state index contributed by atoms with van der Waals surface area (Å²) in [5, 5.41) is 9.13. The fourth-order valence-corrected chi connectivity index (χ4v) is 3.33. The van der Waals surface area contributed by atoms with Crippen molar-refractivity contribution in [2.24, 2.45) is 0 Å². The van der Waals surface area contributed by atoms with Crippen molar-refractivity contribution in [2.75, 3.05) is 20.7 Å². The quantitative estimate of drug-likeness (QED) is 0.438. The van der Waals surface area contributed by atoms with Gasteiger partial charge in [-0.2, -0.15) is 0 Å². The van der Waals surface area contributed by atoms with Crippen molar-refractivity contribution < 1.29 is 19.4 Å². The van der Waals surface area contributed by atoms with Crippen LogP contribution in [0.15, 0.2) is 85.4 Å². The molecule has 0 bridgehead atoms. The summed E-state index contributed by atoms with van der Waals surface area (Å²) in [6, 6.07) is 25.2. The van der Waals surface area contributed by atoms with Gasteiger partial charge in [0.25, 0.3) is 0 Å². The maximum atomic E-state index is 11.1. The summed E-state index contributed by atoms with van der Waals surface area (Å²) in [5.41, 5.74) is 3.98. The average Bonchev–Trinajstić information content (AvgIpc) is 2.81. The van der Waals surface area contributed by atoms with Crippen molar-refractivity contribution in [3.05, 3.63) is 102 Å². The first-order valence-electron chi connectivity index (χ1n) is 10.5. The van der Waals surface area contributed by atoms with Crippen molar-refractivity contribution in [3.63, 3.8) is 0 Å². The van der Waals surface area contributed by atoms with Gasteiger partial charge in [-0.3, -0.25) is 4.79 Å². The van der Waals surface area contributed by atoms with Gasteiger partial charge in [-0.1, -0.05) is 61.2 Å². The van der Waals surface area contributed by atoms with E-state index in [0.29, 0.717) is 13.2 Å². The van der Waals surface area contributed by atoms with E-state index in [4.69, 9.17) is 14.6 Å². The highest BCUT2D eigenvalue weighted by molar-refractivity contribution is 5.68. The van der Waals surface area contributed by atoms with E-state index in [1.165, 1.54) is 0 Å². The lowest BCUT2D eigenvalue weighted by Crippen LogP contribution is -2.22. The van der Waals surface area contributed by atoms with Gasteiger partial charge in [0.05, 0.1) is 6.42 Å². The number of carboxylic acid groups (broad SMARTS) is 1. The van der Waals surface area contributed by atoms with Crippen LogP contribution in [-0.2, 0) is 11.4 Å². The summed E-state index contributed by atoms with van der Waals surface area (Å²) in [4.78, 5) is 13.0. The van der Waals surface area contributed by atoms with E-state index in [1.54, 1.807) is 0 Å². The first-order chi connectivity index (χ1) is 15.4. The van der Waals surface area contributed by atoms with Crippen LogP contribution < -0.4 is 9.47 Å². The van der Waals surface area contributed by atoms with Crippen molar-refractivity contribution in [1.29, 1.82) is 0 Å². The van der Waals surface area contributed by atoms with Crippen LogP contribution in [0.3, 0.4) is 0 Å². The number of benzene rings is 3. The molecule has 0 aromatic heterocycles. The minimum absolute atomic E-state index is 0.0559. The SMILES string of the molecule is C=C(COc1ccc(COc2ccc(C(CC(=O)O)N(C)C)cc2)cc1)c1ccccc1. The first kappa shape index (κ1) is 23.1. The van der Waals surface area contributed by atoms with Gasteiger partial charge < -0.3 is 19.5 Å². The van der Waals surface area contributed by atoms with E-state index >= 15 is 0 Å². The number of hydrogen-bond acceptors (Lipinski definition) is 4. The van der Waals surface area contributed by atoms with Crippen LogP contribution in [-0.4, -0.2) is 36.7 Å². The maximum absolute atomic E-state index is 11.1. The number of carbonyl (C=O) groups is 1. The molecule has 0 aliphatic rings. The topological polar surface area (TPSA) is 59.0 Å². The Morgan fingerprint density at radius 1 is 0.906 bits per heavy atom. The van der Waals surface area contributed by atoms with Gasteiger partial charge in [-0.05, 0) is 60.6 Å². The van der Waals surface area contributed by atoms with E-state index in [1.807, 2.05) is 97.9 Å². The third kappa shape index (κ3) is 6.72. The van der Waals surface area contributed by atoms with E-state index in [2.05, 4.69) is 6.58 Å². The molecule has 5 heteroatoms. The zero-order chi connectivity index (χ0) is 22.9. The fourth-order valence-electron chi connectivity index (χ4n) is 3.33. The minimum Gasteiger partial charge on any atom is -0.489 e. The Labute approximate surface area is 189 Å². The number of nitrogens with zero attached hydrogens (tertiary/aromatic N) is 1. The Hall–Kier alpha value is -3.57. The molecule has 0 fully saturated rings. The highest BCUT2D eigenvalue weighted by Crippen LogP contribution is 2.25. The Kier molecular flexibility index (Phi) is 8.06. The fraction of sp³-hybridized carbons (Fsp3) is 0.222. The standard InChI is InChI=1S/C27H29NO4/c1-20(22-7-5-4-6-8-22)18-31-24-13-9-21(10-14-24)19-32-25-15-11-23(12-16-25)26(28(2)3)17-27(29)30/h4-16,26H,1,17-19H2,2-3H3,(H,29,30). The first-order valence-corrected chi connectivity index (χ1v) is 10.5. The molecule has 0 aliphatic carbocycles. The molecule has 0 heterocycles. The van der Waals surface area contributed by atoms with Crippen LogP contribution in [0.1, 0.15) is 29.2 Å². The third-order valence-corrected chi connectivity index (χ3v) is 5.18. The smallest absolute Gasteiger partial charge is 0.305 e. The van der Waals surface area contributed by atoms with Gasteiger partial charge in [0, 0.05) is 6.04 Å². The molecule has 0 aliphatic heterocycles. The maximum Gasteiger partial charge on any atom is 0.305 e. The number of rotatable bonds is 11. The molecule has 0 spiro atoms. The summed E-state index contributed by atoms with van der Waals surface area (Å²) in [6.45, 7) is 4.95. The second kappa shape index (κ2) is 11.2. The molecule has 1 atom stereocenters. The number of carboxylic acids is 1. The summed E-state index contributed by atoms with van der Waals surface area (Å²) < 4.78 is 11.7. The van der Waals surface area contributed by atoms with Gasteiger partial charge in [0.1, 0.15) is 24.7 Å². The summed E-state index contributed by atoms with van der Waals surface area (Å²) in [5.74, 6) is 0.699. The number of hydrogen-bond donors (Lipinski definition) is 1. The molecular weight excluding hydrogens is 402 g/mol. The predicted molar refractivity (Wildman–Crippen MR) is 127 cm³/mol. The molecule has 0 saturated carbocycles. The van der Waals surface area contributed by atoms with Crippen LogP contribution in [0.2, 0.25) is 0 Å². The molecule has 3 rings (SSSR count). The Morgan fingerprint density at radius 2 is 1.50 bits per heavy atom. The lowest BCUT2D eigenvalue weighted by Gasteiger charge is -2.23. The molecule has 1 N–H and O–H groups in total. The zero-order valence-electron chi connectivity index (χ0n) is 18.5. The molecule has 0 amide bonds. The highest BCUT2D eigenvalue weighted by atomic mass is 16.5. The van der Waals surface area contributed by atoms with Gasteiger partial charge in [-0.15, -0.1) is 0 Å². The molecule has 32 heavy (non-hydrogen) atoms. The van der Waals surface area contributed by atoms with Crippen molar-refractivity contribution >= 4 is 11.5 Å². The molecule has 3 aromatic carbocycles. The van der Waals surface area contributed by atoms with Crippen LogP contribution in [0.5, 0.6) is 11.5 Å². The van der Waals surface area contributed by atoms with Crippen LogP contribution in [0.4, 0.5) is 0 Å². The molecule has 3 aromatic rings. The third-order valence-electron chi connectivity index (χ3n) is 5.18. The highest BCUT2D eigenvalue weighted by Gasteiger charge is 2.17. The van der Waals surface area contributed by atoms with E-state index in [9.17, 15) is 4.79 Å². The molecule has 166 valence electrons. The van der Waals surface area contributed by atoms with E-state index in [-0.39, 0.29) is 12.5 Å². The summed E-state index contributed by atoms with van der Waals surface area (Å²) in [7, 11) is 3.76. The van der Waals surface area contributed by atoms with E-state index < -0.39 is 5.97 Å². The lowest BCUT2D eigenvalue weighted by molar-refractivity contribution is -0.138. The van der Waals surface area contributed by atoms with Crippen molar-refractivity contribution in [3.8, 4) is 11.5 Å². The van der Waals surface area contributed by atoms with Gasteiger partial charge in [-0.25, -0.2) is 0 Å². The van der Waals surface area contributed by atoms with E-state index in [0.717, 1.165) is 33.8 Å². The van der Waals surface area contributed by atoms with Gasteiger partial charge in [0.2, 0.25) is 0 Å². The van der Waals surface area contributed by atoms with Crippen molar-refractivity contribution in [2.45, 2.75) is 19.1 Å². The summed E-state index contributed by atoms with van der Waals surface area (Å²) >= 11 is 0. The Morgan fingerprint density at radius 3 is 2.09 bits per heavy atom. The van der Waals surface area contributed by atoms with Crippen molar-refractivity contribution in [1.82, 2.24) is 4.90 Å². The molecule has 5 nitrogen and oxygen atoms in total. The normalized spacial score (nSPS) is 11.7. The Balaban J connectivity index is 1.50. The van der Waals surface area contributed by atoms with Crippen LogP contribution in [0.25, 0.3) is 5.57 Å².